The first kappa shape index (κ1) is 9.32. The molecule has 1 fully saturated rings. The highest BCUT2D eigenvalue weighted by Crippen LogP contribution is 1.97. The summed E-state index contributed by atoms with van der Waals surface area (Å²) in [5.41, 5.74) is 8.07. The van der Waals surface area contributed by atoms with Crippen LogP contribution in [-0.2, 0) is 4.74 Å². The van der Waals surface area contributed by atoms with E-state index in [1.54, 1.807) is 0 Å². The molecule has 0 bridgehead atoms. The van der Waals surface area contributed by atoms with Crippen LogP contribution in [0.3, 0.4) is 0 Å². The van der Waals surface area contributed by atoms with E-state index < -0.39 is 0 Å². The van der Waals surface area contributed by atoms with E-state index in [9.17, 15) is 0 Å². The zero-order chi connectivity index (χ0) is 8.65. The van der Waals surface area contributed by atoms with Gasteiger partial charge in [-0.25, -0.2) is 0 Å². The van der Waals surface area contributed by atoms with Crippen LogP contribution >= 0.6 is 0 Å². The summed E-state index contributed by atoms with van der Waals surface area (Å²) in [5, 5.41) is 3.49. The second-order valence-electron chi connectivity index (χ2n) is 2.76. The highest BCUT2D eigenvalue weighted by Gasteiger charge is 2.07. The summed E-state index contributed by atoms with van der Waals surface area (Å²) in [6, 6.07) is 0. The Kier molecular flexibility index (Phi) is 4.52. The van der Waals surface area contributed by atoms with Crippen molar-refractivity contribution >= 4 is 0 Å². The van der Waals surface area contributed by atoms with Gasteiger partial charge in [0.1, 0.15) is 0 Å². The van der Waals surface area contributed by atoms with Crippen LogP contribution in [0, 0.1) is 0 Å². The van der Waals surface area contributed by atoms with E-state index in [0.717, 1.165) is 39.3 Å². The Hall–Kier alpha value is -0.770. The Morgan fingerprint density at radius 1 is 1.42 bits per heavy atom. The molecule has 0 aromatic carbocycles. The van der Waals surface area contributed by atoms with Crippen molar-refractivity contribution in [3.8, 4) is 0 Å². The maximum absolute atomic E-state index is 8.07. The first-order valence-electron chi connectivity index (χ1n) is 4.24. The molecule has 0 aromatic heterocycles. The van der Waals surface area contributed by atoms with Gasteiger partial charge < -0.3 is 9.64 Å². The fourth-order valence-corrected chi connectivity index (χ4v) is 1.25. The highest BCUT2D eigenvalue weighted by molar-refractivity contribution is 4.62. The summed E-state index contributed by atoms with van der Waals surface area (Å²) in [7, 11) is 0. The third-order valence-corrected chi connectivity index (χ3v) is 1.89. The van der Waals surface area contributed by atoms with Crippen LogP contribution in [0.4, 0.5) is 0 Å². The SMILES string of the molecule is [N-]=[N+]=NCCN1CCCOCC1. The van der Waals surface area contributed by atoms with E-state index in [2.05, 4.69) is 14.9 Å². The van der Waals surface area contributed by atoms with Crippen molar-refractivity contribution in [1.82, 2.24) is 4.90 Å². The first-order chi connectivity index (χ1) is 5.93. The lowest BCUT2D eigenvalue weighted by molar-refractivity contribution is 0.142. The molecule has 68 valence electrons. The van der Waals surface area contributed by atoms with Crippen molar-refractivity contribution in [2.45, 2.75) is 6.42 Å². The molecule has 0 radical (unpaired) electrons. The van der Waals surface area contributed by atoms with Gasteiger partial charge in [0.25, 0.3) is 0 Å². The topological polar surface area (TPSA) is 61.2 Å². The van der Waals surface area contributed by atoms with Crippen LogP contribution < -0.4 is 0 Å². The molecule has 0 aliphatic carbocycles. The molecule has 0 N–H and O–H groups in total. The van der Waals surface area contributed by atoms with Crippen molar-refractivity contribution in [3.63, 3.8) is 0 Å². The third kappa shape index (κ3) is 3.57. The fourth-order valence-electron chi connectivity index (χ4n) is 1.25. The summed E-state index contributed by atoms with van der Waals surface area (Å²) in [4.78, 5) is 4.98. The summed E-state index contributed by atoms with van der Waals surface area (Å²) in [6.07, 6.45) is 1.08. The van der Waals surface area contributed by atoms with Crippen LogP contribution in [0.1, 0.15) is 6.42 Å². The number of hydrogen-bond donors (Lipinski definition) is 0. The van der Waals surface area contributed by atoms with E-state index in [1.807, 2.05) is 0 Å². The van der Waals surface area contributed by atoms with E-state index in [4.69, 9.17) is 10.3 Å². The predicted octanol–water partition coefficient (Wildman–Crippen LogP) is 1.02. The van der Waals surface area contributed by atoms with Gasteiger partial charge >= 0.3 is 0 Å². The van der Waals surface area contributed by atoms with Crippen molar-refractivity contribution in [1.29, 1.82) is 0 Å². The molecular weight excluding hydrogens is 156 g/mol. The lowest BCUT2D eigenvalue weighted by Gasteiger charge is -2.16. The van der Waals surface area contributed by atoms with E-state index in [0.29, 0.717) is 6.54 Å². The quantitative estimate of drug-likeness (QED) is 0.360. The Labute approximate surface area is 71.9 Å². The molecular formula is C7H14N4O. The van der Waals surface area contributed by atoms with E-state index in [-0.39, 0.29) is 0 Å². The molecule has 5 heteroatoms. The van der Waals surface area contributed by atoms with Gasteiger partial charge in [0.2, 0.25) is 0 Å². The third-order valence-electron chi connectivity index (χ3n) is 1.89. The zero-order valence-corrected chi connectivity index (χ0v) is 7.15. The molecule has 1 aliphatic heterocycles. The van der Waals surface area contributed by atoms with Gasteiger partial charge in [-0.2, -0.15) is 0 Å². The van der Waals surface area contributed by atoms with E-state index in [1.165, 1.54) is 0 Å². The molecule has 5 nitrogen and oxygen atoms in total. The Morgan fingerprint density at radius 3 is 3.17 bits per heavy atom. The van der Waals surface area contributed by atoms with E-state index >= 15 is 0 Å². The molecule has 1 saturated heterocycles. The predicted molar refractivity (Wildman–Crippen MR) is 45.9 cm³/mol. The summed E-state index contributed by atoms with van der Waals surface area (Å²) >= 11 is 0. The summed E-state index contributed by atoms with van der Waals surface area (Å²) in [5.74, 6) is 0. The summed E-state index contributed by atoms with van der Waals surface area (Å²) in [6.45, 7) is 5.10. The maximum Gasteiger partial charge on any atom is 0.0593 e. The zero-order valence-electron chi connectivity index (χ0n) is 7.15. The van der Waals surface area contributed by atoms with Gasteiger partial charge in [-0.15, -0.1) is 0 Å². The fraction of sp³-hybridized carbons (Fsp3) is 1.00. The molecule has 1 aliphatic rings. The number of nitrogens with zero attached hydrogens (tertiary/aromatic N) is 4. The van der Waals surface area contributed by atoms with Gasteiger partial charge in [-0.05, 0) is 12.0 Å². The Morgan fingerprint density at radius 2 is 2.33 bits per heavy atom. The molecule has 0 unspecified atom stereocenters. The van der Waals surface area contributed by atoms with Crippen molar-refractivity contribution in [2.75, 3.05) is 39.4 Å². The number of azide groups is 1. The largest absolute Gasteiger partial charge is 0.380 e. The summed E-state index contributed by atoms with van der Waals surface area (Å²) < 4.78 is 5.29. The number of rotatable bonds is 3. The lowest BCUT2D eigenvalue weighted by atomic mass is 10.4. The van der Waals surface area contributed by atoms with Crippen LogP contribution in [0.25, 0.3) is 10.4 Å². The molecule has 1 heterocycles. The Bertz CT molecular complexity index is 159. The van der Waals surface area contributed by atoms with Crippen LogP contribution in [0.15, 0.2) is 5.11 Å². The maximum atomic E-state index is 8.07. The van der Waals surface area contributed by atoms with Gasteiger partial charge in [0.05, 0.1) is 6.61 Å². The lowest BCUT2D eigenvalue weighted by Crippen LogP contribution is -2.28. The van der Waals surface area contributed by atoms with Gasteiger partial charge in [-0.3, -0.25) is 0 Å². The van der Waals surface area contributed by atoms with Crippen molar-refractivity contribution < 1.29 is 4.74 Å². The molecule has 12 heavy (non-hydrogen) atoms. The van der Waals surface area contributed by atoms with Gasteiger partial charge in [-0.1, -0.05) is 5.11 Å². The average Bonchev–Trinajstić information content (AvgIpc) is 2.33. The van der Waals surface area contributed by atoms with Crippen LogP contribution in [0.2, 0.25) is 0 Å². The second-order valence-corrected chi connectivity index (χ2v) is 2.76. The first-order valence-corrected chi connectivity index (χ1v) is 4.24. The minimum atomic E-state index is 0.566. The molecule has 0 atom stereocenters. The molecule has 0 saturated carbocycles. The van der Waals surface area contributed by atoms with Crippen molar-refractivity contribution in [2.24, 2.45) is 5.11 Å². The highest BCUT2D eigenvalue weighted by atomic mass is 16.5. The molecule has 1 rings (SSSR count). The standard InChI is InChI=1S/C7H14N4O/c8-10-9-2-4-11-3-1-6-12-7-5-11/h1-7H2. The van der Waals surface area contributed by atoms with Gasteiger partial charge in [0, 0.05) is 37.7 Å². The molecule has 0 amide bonds. The van der Waals surface area contributed by atoms with Crippen molar-refractivity contribution in [3.05, 3.63) is 10.4 Å². The second kappa shape index (κ2) is 5.83. The van der Waals surface area contributed by atoms with Gasteiger partial charge in [0.15, 0.2) is 0 Å². The average molecular weight is 170 g/mol. The monoisotopic (exact) mass is 170 g/mol. The van der Waals surface area contributed by atoms with Crippen LogP contribution in [-0.4, -0.2) is 44.3 Å². The Balaban J connectivity index is 2.15. The smallest absolute Gasteiger partial charge is 0.0593 e. The number of ether oxygens (including phenoxy) is 1. The number of hydrogen-bond acceptors (Lipinski definition) is 3. The minimum absolute atomic E-state index is 0.566. The minimum Gasteiger partial charge on any atom is -0.380 e. The van der Waals surface area contributed by atoms with Crippen LogP contribution in [0.5, 0.6) is 0 Å². The normalized spacial score (nSPS) is 19.7. The molecule has 0 spiro atoms. The molecule has 0 aromatic rings.